The van der Waals surface area contributed by atoms with Gasteiger partial charge in [-0.2, -0.15) is 0 Å². The van der Waals surface area contributed by atoms with Crippen LogP contribution in [0.2, 0.25) is 0 Å². The largest absolute Gasteiger partial charge is 0.476 e. The monoisotopic (exact) mass is 172 g/mol. The van der Waals surface area contributed by atoms with E-state index in [1.165, 1.54) is 5.38 Å². The Bertz CT molecular complexity index is 294. The molecule has 0 bridgehead atoms. The zero-order valence-electron chi connectivity index (χ0n) is 5.26. The Kier molecular flexibility index (Phi) is 2.17. The molecule has 6 heteroatoms. The van der Waals surface area contributed by atoms with Crippen molar-refractivity contribution < 1.29 is 15.1 Å². The van der Waals surface area contributed by atoms with Gasteiger partial charge < -0.3 is 10.3 Å². The maximum atomic E-state index is 10.3. The number of nitrogens with zero attached hydrogens (tertiary/aromatic N) is 2. The Morgan fingerprint density at radius 2 is 2.55 bits per heavy atom. The van der Waals surface area contributed by atoms with E-state index in [0.29, 0.717) is 5.01 Å². The van der Waals surface area contributed by atoms with E-state index < -0.39 is 5.97 Å². The van der Waals surface area contributed by atoms with Gasteiger partial charge in [0.05, 0.1) is 0 Å². The van der Waals surface area contributed by atoms with Crippen molar-refractivity contribution in [3.05, 3.63) is 16.1 Å². The molecule has 5 nitrogen and oxygen atoms in total. The summed E-state index contributed by atoms with van der Waals surface area (Å²) in [6, 6.07) is 0. The number of rotatable bonds is 2. The van der Waals surface area contributed by atoms with Crippen LogP contribution in [0.1, 0.15) is 15.5 Å². The lowest BCUT2D eigenvalue weighted by molar-refractivity contribution is 0.0691. The summed E-state index contributed by atoms with van der Waals surface area (Å²) in [7, 11) is 0. The number of carbonyl (C=O) groups is 1. The molecule has 0 saturated carbocycles. The number of thiazole rings is 1. The number of hydrogen-bond acceptors (Lipinski definition) is 5. The summed E-state index contributed by atoms with van der Waals surface area (Å²) in [6.45, 7) is 0. The van der Waals surface area contributed by atoms with Gasteiger partial charge in [0.2, 0.25) is 0 Å². The standard InChI is InChI=1S/C5H4N2O3S/c8-5(9)3-2-11-4(7-3)1-6-10/h1-2,10H,(H,8,9). The summed E-state index contributed by atoms with van der Waals surface area (Å²) in [4.78, 5) is 13.9. The Morgan fingerprint density at radius 1 is 1.82 bits per heavy atom. The number of hydrogen-bond donors (Lipinski definition) is 2. The average Bonchev–Trinajstić information content (AvgIpc) is 2.37. The molecule has 0 aliphatic heterocycles. The van der Waals surface area contributed by atoms with Crippen LogP contribution in [-0.4, -0.2) is 27.5 Å². The van der Waals surface area contributed by atoms with Gasteiger partial charge in [-0.05, 0) is 0 Å². The van der Waals surface area contributed by atoms with Gasteiger partial charge in [-0.25, -0.2) is 9.78 Å². The zero-order chi connectivity index (χ0) is 8.27. The minimum Gasteiger partial charge on any atom is -0.476 e. The molecule has 58 valence electrons. The molecule has 0 fully saturated rings. The first kappa shape index (κ1) is 7.67. The molecule has 1 heterocycles. The van der Waals surface area contributed by atoms with Crippen LogP contribution in [0.5, 0.6) is 0 Å². The summed E-state index contributed by atoms with van der Waals surface area (Å²) in [5.74, 6) is -1.08. The van der Waals surface area contributed by atoms with Crippen molar-refractivity contribution in [2.45, 2.75) is 0 Å². The molecule has 0 atom stereocenters. The normalized spacial score (nSPS) is 10.5. The Balaban J connectivity index is 2.90. The van der Waals surface area contributed by atoms with Crippen molar-refractivity contribution in [3.8, 4) is 0 Å². The summed E-state index contributed by atoms with van der Waals surface area (Å²) in [6.07, 6.45) is 1.08. The second-order valence-electron chi connectivity index (χ2n) is 1.62. The Labute approximate surface area is 65.6 Å². The molecule has 0 radical (unpaired) electrons. The SMILES string of the molecule is O=C(O)c1csc(C=NO)n1. The lowest BCUT2D eigenvalue weighted by atomic mass is 10.5. The fraction of sp³-hybridized carbons (Fsp3) is 0. The maximum absolute atomic E-state index is 10.3. The van der Waals surface area contributed by atoms with Gasteiger partial charge in [0.15, 0.2) is 5.69 Å². The first-order valence-electron chi connectivity index (χ1n) is 2.60. The van der Waals surface area contributed by atoms with Gasteiger partial charge in [0, 0.05) is 5.38 Å². The minimum absolute atomic E-state index is 0.0371. The fourth-order valence-electron chi connectivity index (χ4n) is 0.495. The molecule has 0 saturated heterocycles. The maximum Gasteiger partial charge on any atom is 0.355 e. The molecule has 0 amide bonds. The predicted octanol–water partition coefficient (Wildman–Crippen LogP) is 0.649. The van der Waals surface area contributed by atoms with Gasteiger partial charge in [0.1, 0.15) is 11.2 Å². The van der Waals surface area contributed by atoms with Crippen LogP contribution in [0.25, 0.3) is 0 Å². The summed E-state index contributed by atoms with van der Waals surface area (Å²) >= 11 is 1.10. The molecular formula is C5H4N2O3S. The minimum atomic E-state index is -1.08. The van der Waals surface area contributed by atoms with Crippen molar-refractivity contribution in [2.75, 3.05) is 0 Å². The molecular weight excluding hydrogens is 168 g/mol. The van der Waals surface area contributed by atoms with Crippen LogP contribution < -0.4 is 0 Å². The highest BCUT2D eigenvalue weighted by Crippen LogP contribution is 2.06. The summed E-state index contributed by atoms with van der Waals surface area (Å²) < 4.78 is 0. The third-order valence-corrected chi connectivity index (χ3v) is 1.69. The highest BCUT2D eigenvalue weighted by atomic mass is 32.1. The van der Waals surface area contributed by atoms with Gasteiger partial charge in [-0.15, -0.1) is 11.3 Å². The predicted molar refractivity (Wildman–Crippen MR) is 38.5 cm³/mol. The smallest absolute Gasteiger partial charge is 0.355 e. The van der Waals surface area contributed by atoms with E-state index >= 15 is 0 Å². The lowest BCUT2D eigenvalue weighted by Gasteiger charge is -1.80. The average molecular weight is 172 g/mol. The molecule has 0 unspecified atom stereocenters. The Hall–Kier alpha value is -1.43. The number of aromatic nitrogens is 1. The molecule has 2 N–H and O–H groups in total. The first-order chi connectivity index (χ1) is 5.24. The van der Waals surface area contributed by atoms with Crippen molar-refractivity contribution in [2.24, 2.45) is 5.16 Å². The highest BCUT2D eigenvalue weighted by molar-refractivity contribution is 7.11. The van der Waals surface area contributed by atoms with Crippen LogP contribution in [0.3, 0.4) is 0 Å². The van der Waals surface area contributed by atoms with Crippen LogP contribution in [0.4, 0.5) is 0 Å². The van der Waals surface area contributed by atoms with Gasteiger partial charge in [-0.3, -0.25) is 0 Å². The molecule has 11 heavy (non-hydrogen) atoms. The van der Waals surface area contributed by atoms with Crippen LogP contribution in [0, 0.1) is 0 Å². The molecule has 1 aromatic rings. The van der Waals surface area contributed by atoms with E-state index in [1.807, 2.05) is 0 Å². The lowest BCUT2D eigenvalue weighted by Crippen LogP contribution is -1.96. The third kappa shape index (κ3) is 1.74. The fourth-order valence-corrected chi connectivity index (χ4v) is 1.14. The second-order valence-corrected chi connectivity index (χ2v) is 2.51. The molecule has 1 rings (SSSR count). The molecule has 0 aromatic carbocycles. The topological polar surface area (TPSA) is 82.8 Å². The number of carboxylic acid groups (broad SMARTS) is 1. The van der Waals surface area contributed by atoms with Crippen molar-refractivity contribution in [1.82, 2.24) is 4.98 Å². The third-order valence-electron chi connectivity index (χ3n) is 0.909. The van der Waals surface area contributed by atoms with Crippen molar-refractivity contribution in [3.63, 3.8) is 0 Å². The highest BCUT2D eigenvalue weighted by Gasteiger charge is 2.06. The molecule has 0 aliphatic rings. The second kappa shape index (κ2) is 3.11. The quantitative estimate of drug-likeness (QED) is 0.389. The number of aromatic carboxylic acids is 1. The molecule has 0 spiro atoms. The molecule has 1 aromatic heterocycles. The summed E-state index contributed by atoms with van der Waals surface area (Å²) in [5, 5.41) is 20.9. The van der Waals surface area contributed by atoms with E-state index in [4.69, 9.17) is 10.3 Å². The van der Waals surface area contributed by atoms with Crippen molar-refractivity contribution >= 4 is 23.5 Å². The zero-order valence-corrected chi connectivity index (χ0v) is 6.08. The van der Waals surface area contributed by atoms with Crippen LogP contribution >= 0.6 is 11.3 Å². The van der Waals surface area contributed by atoms with Crippen LogP contribution in [-0.2, 0) is 0 Å². The van der Waals surface area contributed by atoms with Gasteiger partial charge in [0.25, 0.3) is 0 Å². The number of carboxylic acids is 1. The first-order valence-corrected chi connectivity index (χ1v) is 3.48. The van der Waals surface area contributed by atoms with E-state index in [0.717, 1.165) is 17.6 Å². The van der Waals surface area contributed by atoms with Gasteiger partial charge >= 0.3 is 5.97 Å². The van der Waals surface area contributed by atoms with Crippen molar-refractivity contribution in [1.29, 1.82) is 0 Å². The van der Waals surface area contributed by atoms with E-state index in [2.05, 4.69) is 10.1 Å². The van der Waals surface area contributed by atoms with E-state index in [-0.39, 0.29) is 5.69 Å². The van der Waals surface area contributed by atoms with Gasteiger partial charge in [-0.1, -0.05) is 5.16 Å². The Morgan fingerprint density at radius 3 is 3.00 bits per heavy atom. The van der Waals surface area contributed by atoms with E-state index in [9.17, 15) is 4.79 Å². The summed E-state index contributed by atoms with van der Waals surface area (Å²) in [5.41, 5.74) is -0.0371. The van der Waals surface area contributed by atoms with Crippen LogP contribution in [0.15, 0.2) is 10.5 Å². The molecule has 0 aliphatic carbocycles. The number of oxime groups is 1. The van der Waals surface area contributed by atoms with E-state index in [1.54, 1.807) is 0 Å².